The second-order valence-corrected chi connectivity index (χ2v) is 7.64. The standard InChI is InChI=1S/C23H20Cl2N2O3/c24-16-1-8-20(21(25)15-16)22-9-6-19(30-22)7-10-23(28)26-17-2-4-18(5-3-17)27-11-13-29-14-12-27/h1-10,15H,11-14H2,(H,26,28). The maximum absolute atomic E-state index is 12.2. The van der Waals surface area contributed by atoms with Crippen LogP contribution < -0.4 is 10.2 Å². The van der Waals surface area contributed by atoms with Crippen molar-refractivity contribution in [3.05, 3.63) is 76.5 Å². The van der Waals surface area contributed by atoms with E-state index in [0.717, 1.165) is 43.2 Å². The van der Waals surface area contributed by atoms with Crippen LogP contribution in [0.2, 0.25) is 10.0 Å². The summed E-state index contributed by atoms with van der Waals surface area (Å²) in [6.07, 6.45) is 3.05. The molecular formula is C23H20Cl2N2O3. The molecule has 3 aromatic rings. The molecule has 0 atom stereocenters. The zero-order valence-electron chi connectivity index (χ0n) is 16.1. The topological polar surface area (TPSA) is 54.7 Å². The number of morpholine rings is 1. The number of carbonyl (C=O) groups is 1. The van der Waals surface area contributed by atoms with E-state index in [1.54, 1.807) is 36.4 Å². The number of rotatable bonds is 5. The lowest BCUT2D eigenvalue weighted by atomic mass is 10.2. The van der Waals surface area contributed by atoms with Crippen LogP contribution in [0.15, 0.2) is 65.1 Å². The van der Waals surface area contributed by atoms with Gasteiger partial charge in [-0.1, -0.05) is 23.2 Å². The fourth-order valence-electron chi connectivity index (χ4n) is 3.20. The van der Waals surface area contributed by atoms with E-state index in [2.05, 4.69) is 10.2 Å². The molecule has 0 aliphatic carbocycles. The van der Waals surface area contributed by atoms with Gasteiger partial charge in [-0.2, -0.15) is 0 Å². The van der Waals surface area contributed by atoms with Crippen molar-refractivity contribution < 1.29 is 13.9 Å². The summed E-state index contributed by atoms with van der Waals surface area (Å²) in [6.45, 7) is 3.23. The third kappa shape index (κ3) is 5.05. The Morgan fingerprint density at radius 3 is 2.50 bits per heavy atom. The number of hydrogen-bond acceptors (Lipinski definition) is 4. The minimum absolute atomic E-state index is 0.239. The summed E-state index contributed by atoms with van der Waals surface area (Å²) < 4.78 is 11.1. The van der Waals surface area contributed by atoms with E-state index in [1.165, 1.54) is 6.08 Å². The second-order valence-electron chi connectivity index (χ2n) is 6.80. The van der Waals surface area contributed by atoms with Crippen LogP contribution in [0.4, 0.5) is 11.4 Å². The highest BCUT2D eigenvalue weighted by Crippen LogP contribution is 2.31. The Balaban J connectivity index is 1.36. The smallest absolute Gasteiger partial charge is 0.248 e. The molecule has 1 aliphatic rings. The number of nitrogens with zero attached hydrogens (tertiary/aromatic N) is 1. The van der Waals surface area contributed by atoms with Crippen molar-refractivity contribution in [3.8, 4) is 11.3 Å². The van der Waals surface area contributed by atoms with Crippen LogP contribution in [0.3, 0.4) is 0 Å². The molecule has 2 heterocycles. The average molecular weight is 443 g/mol. The largest absolute Gasteiger partial charge is 0.457 e. The molecule has 1 fully saturated rings. The molecule has 1 saturated heterocycles. The fraction of sp³-hybridized carbons (Fsp3) is 0.174. The van der Waals surface area contributed by atoms with Crippen LogP contribution in [0.5, 0.6) is 0 Å². The molecule has 0 unspecified atom stereocenters. The van der Waals surface area contributed by atoms with Crippen molar-refractivity contribution >= 4 is 46.6 Å². The normalized spacial score (nSPS) is 14.3. The molecule has 0 bridgehead atoms. The quantitative estimate of drug-likeness (QED) is 0.511. The van der Waals surface area contributed by atoms with Crippen LogP contribution in [-0.2, 0) is 9.53 Å². The molecule has 1 aliphatic heterocycles. The maximum atomic E-state index is 12.2. The zero-order chi connectivity index (χ0) is 20.9. The van der Waals surface area contributed by atoms with Gasteiger partial charge in [0.25, 0.3) is 0 Å². The Kier molecular flexibility index (Phi) is 6.43. The molecule has 7 heteroatoms. The highest BCUT2D eigenvalue weighted by molar-refractivity contribution is 6.36. The summed E-state index contributed by atoms with van der Waals surface area (Å²) in [5.41, 5.74) is 2.59. The summed E-state index contributed by atoms with van der Waals surface area (Å²) in [5.74, 6) is 0.917. The molecule has 1 amide bonds. The monoisotopic (exact) mass is 442 g/mol. The number of furan rings is 1. The van der Waals surface area contributed by atoms with E-state index in [0.29, 0.717) is 21.6 Å². The van der Waals surface area contributed by atoms with Gasteiger partial charge in [0.15, 0.2) is 0 Å². The summed E-state index contributed by atoms with van der Waals surface area (Å²) in [7, 11) is 0. The van der Waals surface area contributed by atoms with Crippen LogP contribution in [0, 0.1) is 0 Å². The molecule has 0 saturated carbocycles. The van der Waals surface area contributed by atoms with Gasteiger partial charge in [0, 0.05) is 41.1 Å². The van der Waals surface area contributed by atoms with Crippen molar-refractivity contribution in [3.63, 3.8) is 0 Å². The highest BCUT2D eigenvalue weighted by Gasteiger charge is 2.11. The number of benzene rings is 2. The number of halogens is 2. The average Bonchev–Trinajstić information content (AvgIpc) is 3.22. The van der Waals surface area contributed by atoms with Crippen LogP contribution in [-0.4, -0.2) is 32.2 Å². The number of anilines is 2. The summed E-state index contributed by atoms with van der Waals surface area (Å²) in [4.78, 5) is 14.5. The zero-order valence-corrected chi connectivity index (χ0v) is 17.6. The molecule has 5 nitrogen and oxygen atoms in total. The third-order valence-corrected chi connectivity index (χ3v) is 5.28. The molecule has 2 aromatic carbocycles. The molecule has 4 rings (SSSR count). The maximum Gasteiger partial charge on any atom is 0.248 e. The first-order valence-corrected chi connectivity index (χ1v) is 10.3. The van der Waals surface area contributed by atoms with E-state index < -0.39 is 0 Å². The first kappa shape index (κ1) is 20.5. The molecule has 1 aromatic heterocycles. The van der Waals surface area contributed by atoms with Crippen LogP contribution in [0.25, 0.3) is 17.4 Å². The number of carbonyl (C=O) groups excluding carboxylic acids is 1. The Morgan fingerprint density at radius 2 is 1.77 bits per heavy atom. The number of nitrogens with one attached hydrogen (secondary N) is 1. The summed E-state index contributed by atoms with van der Waals surface area (Å²) in [6, 6.07) is 16.6. The Hall–Kier alpha value is -2.73. The van der Waals surface area contributed by atoms with Gasteiger partial charge in [0.1, 0.15) is 11.5 Å². The third-order valence-electron chi connectivity index (χ3n) is 4.73. The van der Waals surface area contributed by atoms with E-state index in [-0.39, 0.29) is 5.91 Å². The molecule has 30 heavy (non-hydrogen) atoms. The van der Waals surface area contributed by atoms with Gasteiger partial charge < -0.3 is 19.4 Å². The predicted octanol–water partition coefficient (Wildman–Crippen LogP) is 5.74. The first-order chi connectivity index (χ1) is 14.6. The van der Waals surface area contributed by atoms with Gasteiger partial charge in [0.05, 0.1) is 18.2 Å². The van der Waals surface area contributed by atoms with Gasteiger partial charge in [-0.15, -0.1) is 0 Å². The van der Waals surface area contributed by atoms with Crippen molar-refractivity contribution in [1.29, 1.82) is 0 Å². The molecule has 0 spiro atoms. The van der Waals surface area contributed by atoms with Gasteiger partial charge in [-0.05, 0) is 60.7 Å². The van der Waals surface area contributed by atoms with E-state index in [1.807, 2.05) is 24.3 Å². The highest BCUT2D eigenvalue weighted by atomic mass is 35.5. The van der Waals surface area contributed by atoms with Gasteiger partial charge >= 0.3 is 0 Å². The minimum Gasteiger partial charge on any atom is -0.457 e. The Labute approximate surface area is 184 Å². The fourth-order valence-corrected chi connectivity index (χ4v) is 3.70. The predicted molar refractivity (Wildman–Crippen MR) is 121 cm³/mol. The lowest BCUT2D eigenvalue weighted by molar-refractivity contribution is -0.111. The van der Waals surface area contributed by atoms with Crippen molar-refractivity contribution in [2.24, 2.45) is 0 Å². The lowest BCUT2D eigenvalue weighted by Crippen LogP contribution is -2.36. The van der Waals surface area contributed by atoms with Crippen molar-refractivity contribution in [1.82, 2.24) is 0 Å². The SMILES string of the molecule is O=C(C=Cc1ccc(-c2ccc(Cl)cc2Cl)o1)Nc1ccc(N2CCOCC2)cc1. The summed E-state index contributed by atoms with van der Waals surface area (Å²) in [5, 5.41) is 3.92. The number of amides is 1. The molecule has 1 N–H and O–H groups in total. The van der Waals surface area contributed by atoms with Crippen molar-refractivity contribution in [2.75, 3.05) is 36.5 Å². The first-order valence-electron chi connectivity index (χ1n) is 9.55. The number of ether oxygens (including phenoxy) is 1. The minimum atomic E-state index is -0.239. The van der Waals surface area contributed by atoms with Gasteiger partial charge in [-0.3, -0.25) is 4.79 Å². The van der Waals surface area contributed by atoms with Crippen molar-refractivity contribution in [2.45, 2.75) is 0 Å². The van der Waals surface area contributed by atoms with Gasteiger partial charge in [0.2, 0.25) is 5.91 Å². The van der Waals surface area contributed by atoms with Crippen LogP contribution >= 0.6 is 23.2 Å². The van der Waals surface area contributed by atoms with Gasteiger partial charge in [-0.25, -0.2) is 0 Å². The number of hydrogen-bond donors (Lipinski definition) is 1. The Bertz CT molecular complexity index is 1050. The molecule has 0 radical (unpaired) electrons. The second kappa shape index (κ2) is 9.39. The molecule has 154 valence electrons. The summed E-state index contributed by atoms with van der Waals surface area (Å²) >= 11 is 12.1. The lowest BCUT2D eigenvalue weighted by Gasteiger charge is -2.28. The van der Waals surface area contributed by atoms with E-state index >= 15 is 0 Å². The van der Waals surface area contributed by atoms with Crippen LogP contribution in [0.1, 0.15) is 5.76 Å². The van der Waals surface area contributed by atoms with E-state index in [4.69, 9.17) is 32.4 Å². The molecular weight excluding hydrogens is 423 g/mol. The van der Waals surface area contributed by atoms with E-state index in [9.17, 15) is 4.79 Å². The Morgan fingerprint density at radius 1 is 1.00 bits per heavy atom.